The number of carbonyl (C=O) groups is 2. The zero-order valence-electron chi connectivity index (χ0n) is 14.9. The minimum absolute atomic E-state index is 0.307. The first-order valence-corrected chi connectivity index (χ1v) is 8.72. The molecule has 7 heteroatoms. The molecule has 0 radical (unpaired) electrons. The summed E-state index contributed by atoms with van der Waals surface area (Å²) in [7, 11) is 1.46. The van der Waals surface area contributed by atoms with Crippen molar-refractivity contribution in [3.8, 4) is 17.2 Å². The van der Waals surface area contributed by atoms with Crippen LogP contribution in [0.2, 0.25) is 5.02 Å². The lowest BCUT2D eigenvalue weighted by Gasteiger charge is -2.11. The second-order valence-electron chi connectivity index (χ2n) is 5.69. The number of halogens is 1. The summed E-state index contributed by atoms with van der Waals surface area (Å²) < 4.78 is 10.8. The Bertz CT molecular complexity index is 975. The molecule has 0 unspecified atom stereocenters. The molecule has 2 N–H and O–H groups in total. The molecular formula is C21H17ClN2O4. The van der Waals surface area contributed by atoms with Crippen molar-refractivity contribution in [2.75, 3.05) is 17.7 Å². The normalized spacial score (nSPS) is 10.1. The fourth-order valence-electron chi connectivity index (χ4n) is 2.38. The molecule has 6 nitrogen and oxygen atoms in total. The summed E-state index contributed by atoms with van der Waals surface area (Å²) in [6.07, 6.45) is 0. The average Bonchev–Trinajstić information content (AvgIpc) is 2.70. The maximum absolute atomic E-state index is 12.2. The summed E-state index contributed by atoms with van der Waals surface area (Å²) in [5, 5.41) is 5.41. The van der Waals surface area contributed by atoms with Gasteiger partial charge in [0, 0.05) is 10.7 Å². The molecule has 3 rings (SSSR count). The minimum atomic E-state index is -0.842. The van der Waals surface area contributed by atoms with Crippen molar-refractivity contribution in [2.45, 2.75) is 0 Å². The van der Waals surface area contributed by atoms with Crippen molar-refractivity contribution in [3.05, 3.63) is 77.8 Å². The van der Waals surface area contributed by atoms with E-state index in [9.17, 15) is 9.59 Å². The third-order valence-corrected chi connectivity index (χ3v) is 3.94. The molecule has 0 saturated carbocycles. The predicted molar refractivity (Wildman–Crippen MR) is 108 cm³/mol. The smallest absolute Gasteiger partial charge is 0.314 e. The summed E-state index contributed by atoms with van der Waals surface area (Å²) in [6, 6.07) is 20.7. The van der Waals surface area contributed by atoms with E-state index in [1.165, 1.54) is 13.2 Å². The lowest BCUT2D eigenvalue weighted by Crippen LogP contribution is -2.29. The lowest BCUT2D eigenvalue weighted by atomic mass is 10.2. The van der Waals surface area contributed by atoms with Crippen molar-refractivity contribution in [1.82, 2.24) is 0 Å². The molecule has 0 atom stereocenters. The van der Waals surface area contributed by atoms with Crippen LogP contribution in [-0.4, -0.2) is 18.9 Å². The van der Waals surface area contributed by atoms with Gasteiger partial charge in [0.1, 0.15) is 17.2 Å². The highest BCUT2D eigenvalue weighted by Gasteiger charge is 2.16. The van der Waals surface area contributed by atoms with Gasteiger partial charge in [-0.1, -0.05) is 29.8 Å². The van der Waals surface area contributed by atoms with E-state index in [4.69, 9.17) is 21.1 Å². The van der Waals surface area contributed by atoms with Crippen LogP contribution in [0.3, 0.4) is 0 Å². The number of hydrogen-bond donors (Lipinski definition) is 2. The highest BCUT2D eigenvalue weighted by atomic mass is 35.5. The van der Waals surface area contributed by atoms with E-state index >= 15 is 0 Å². The van der Waals surface area contributed by atoms with Gasteiger partial charge in [0.25, 0.3) is 0 Å². The van der Waals surface area contributed by atoms with E-state index in [1.807, 2.05) is 30.3 Å². The van der Waals surface area contributed by atoms with Gasteiger partial charge in [0.2, 0.25) is 0 Å². The van der Waals surface area contributed by atoms with Crippen LogP contribution in [0.1, 0.15) is 0 Å². The Balaban J connectivity index is 1.61. The van der Waals surface area contributed by atoms with Crippen molar-refractivity contribution >= 4 is 34.8 Å². The van der Waals surface area contributed by atoms with Crippen LogP contribution in [0, 0.1) is 0 Å². The SMILES string of the molecule is COc1ccc(Cl)cc1NC(=O)C(=O)Nc1ccc(Oc2ccccc2)cc1. The third kappa shape index (κ3) is 5.02. The van der Waals surface area contributed by atoms with Gasteiger partial charge in [-0.25, -0.2) is 0 Å². The molecule has 0 aromatic heterocycles. The highest BCUT2D eigenvalue weighted by molar-refractivity contribution is 6.44. The Morgan fingerprint density at radius 1 is 0.821 bits per heavy atom. The number of nitrogens with one attached hydrogen (secondary N) is 2. The quantitative estimate of drug-likeness (QED) is 0.612. The number of hydrogen-bond acceptors (Lipinski definition) is 4. The molecule has 3 aromatic rings. The molecule has 142 valence electrons. The number of ether oxygens (including phenoxy) is 2. The molecule has 0 spiro atoms. The molecule has 0 bridgehead atoms. The van der Waals surface area contributed by atoms with Crippen LogP contribution in [-0.2, 0) is 9.59 Å². The van der Waals surface area contributed by atoms with E-state index in [2.05, 4.69) is 10.6 Å². The number of rotatable bonds is 5. The predicted octanol–water partition coefficient (Wildman–Crippen LogP) is 4.72. The van der Waals surface area contributed by atoms with Crippen molar-refractivity contribution in [3.63, 3.8) is 0 Å². The van der Waals surface area contributed by atoms with Crippen molar-refractivity contribution in [1.29, 1.82) is 0 Å². The fraction of sp³-hybridized carbons (Fsp3) is 0.0476. The Hall–Kier alpha value is -3.51. The standard InChI is InChI=1S/C21H17ClN2O4/c1-27-19-12-7-14(22)13-18(19)24-21(26)20(25)23-15-8-10-17(11-9-15)28-16-5-3-2-4-6-16/h2-13H,1H3,(H,23,25)(H,24,26). The summed E-state index contributed by atoms with van der Waals surface area (Å²) in [5.74, 6) is 0.0448. The highest BCUT2D eigenvalue weighted by Crippen LogP contribution is 2.27. The number of amides is 2. The second kappa shape index (κ2) is 8.92. The monoisotopic (exact) mass is 396 g/mol. The van der Waals surface area contributed by atoms with E-state index in [0.717, 1.165) is 0 Å². The van der Waals surface area contributed by atoms with Gasteiger partial charge in [-0.2, -0.15) is 0 Å². The Morgan fingerprint density at radius 3 is 2.14 bits per heavy atom. The number of anilines is 2. The van der Waals surface area contributed by atoms with E-state index in [0.29, 0.717) is 33.6 Å². The zero-order valence-corrected chi connectivity index (χ0v) is 15.7. The van der Waals surface area contributed by atoms with Crippen LogP contribution in [0.5, 0.6) is 17.2 Å². The second-order valence-corrected chi connectivity index (χ2v) is 6.13. The zero-order chi connectivity index (χ0) is 19.9. The van der Waals surface area contributed by atoms with Crippen molar-refractivity contribution in [2.24, 2.45) is 0 Å². The summed E-state index contributed by atoms with van der Waals surface area (Å²) >= 11 is 5.92. The van der Waals surface area contributed by atoms with Gasteiger partial charge < -0.3 is 20.1 Å². The first-order chi connectivity index (χ1) is 13.5. The molecule has 28 heavy (non-hydrogen) atoms. The molecule has 0 heterocycles. The topological polar surface area (TPSA) is 76.7 Å². The van der Waals surface area contributed by atoms with Crippen molar-refractivity contribution < 1.29 is 19.1 Å². The summed E-state index contributed by atoms with van der Waals surface area (Å²) in [4.78, 5) is 24.3. The molecule has 0 aliphatic heterocycles. The first-order valence-electron chi connectivity index (χ1n) is 8.34. The number of benzene rings is 3. The van der Waals surface area contributed by atoms with Crippen LogP contribution >= 0.6 is 11.6 Å². The number of para-hydroxylation sites is 1. The minimum Gasteiger partial charge on any atom is -0.495 e. The van der Waals surface area contributed by atoms with Crippen LogP contribution in [0.4, 0.5) is 11.4 Å². The molecule has 2 amide bonds. The maximum atomic E-state index is 12.2. The van der Waals surface area contributed by atoms with Gasteiger partial charge in [-0.15, -0.1) is 0 Å². The molecule has 0 saturated heterocycles. The summed E-state index contributed by atoms with van der Waals surface area (Å²) in [6.45, 7) is 0. The average molecular weight is 397 g/mol. The van der Waals surface area contributed by atoms with Gasteiger partial charge in [0.15, 0.2) is 0 Å². The largest absolute Gasteiger partial charge is 0.495 e. The molecule has 0 aliphatic rings. The van der Waals surface area contributed by atoms with Gasteiger partial charge >= 0.3 is 11.8 Å². The summed E-state index contributed by atoms with van der Waals surface area (Å²) in [5.41, 5.74) is 0.764. The molecular weight excluding hydrogens is 380 g/mol. The maximum Gasteiger partial charge on any atom is 0.314 e. The Morgan fingerprint density at radius 2 is 1.46 bits per heavy atom. The van der Waals surface area contributed by atoms with E-state index < -0.39 is 11.8 Å². The number of carbonyl (C=O) groups excluding carboxylic acids is 2. The lowest BCUT2D eigenvalue weighted by molar-refractivity contribution is -0.133. The van der Waals surface area contributed by atoms with Crippen LogP contribution in [0.15, 0.2) is 72.8 Å². The number of methoxy groups -OCH3 is 1. The molecule has 0 fully saturated rings. The van der Waals surface area contributed by atoms with Gasteiger partial charge in [-0.3, -0.25) is 9.59 Å². The molecule has 3 aromatic carbocycles. The Kier molecular flexibility index (Phi) is 6.14. The van der Waals surface area contributed by atoms with E-state index in [-0.39, 0.29) is 0 Å². The van der Waals surface area contributed by atoms with Gasteiger partial charge in [-0.05, 0) is 54.6 Å². The van der Waals surface area contributed by atoms with Gasteiger partial charge in [0.05, 0.1) is 12.8 Å². The molecule has 0 aliphatic carbocycles. The van der Waals surface area contributed by atoms with Crippen LogP contribution in [0.25, 0.3) is 0 Å². The fourth-order valence-corrected chi connectivity index (χ4v) is 2.55. The van der Waals surface area contributed by atoms with Crippen LogP contribution < -0.4 is 20.1 Å². The first kappa shape index (κ1) is 19.3. The Labute approximate surface area is 167 Å². The third-order valence-electron chi connectivity index (χ3n) is 3.71. The van der Waals surface area contributed by atoms with E-state index in [1.54, 1.807) is 36.4 Å².